The highest BCUT2D eigenvalue weighted by atomic mass is 16.5. The second-order valence-corrected chi connectivity index (χ2v) is 5.29. The van der Waals surface area contributed by atoms with Gasteiger partial charge in [-0.3, -0.25) is 4.79 Å². The largest absolute Gasteiger partial charge is 0.497 e. The molecule has 0 radical (unpaired) electrons. The van der Waals surface area contributed by atoms with E-state index in [2.05, 4.69) is 11.4 Å². The van der Waals surface area contributed by atoms with Gasteiger partial charge in [0.1, 0.15) is 29.4 Å². The maximum Gasteiger partial charge on any atom is 0.256 e. The van der Waals surface area contributed by atoms with Crippen LogP contribution in [0, 0.1) is 11.3 Å². The molecule has 1 atom stereocenters. The van der Waals surface area contributed by atoms with E-state index in [-0.39, 0.29) is 0 Å². The Balaban J connectivity index is 1.90. The second-order valence-electron chi connectivity index (χ2n) is 5.29. The summed E-state index contributed by atoms with van der Waals surface area (Å²) >= 11 is 0. The van der Waals surface area contributed by atoms with Gasteiger partial charge in [-0.2, -0.15) is 5.26 Å². The van der Waals surface area contributed by atoms with Crippen LogP contribution >= 0.6 is 0 Å². The Morgan fingerprint density at radius 3 is 2.72 bits per heavy atom. The molecule has 0 saturated carbocycles. The number of rotatable bonds is 5. The number of nitrogens with zero attached hydrogens (tertiary/aromatic N) is 1. The summed E-state index contributed by atoms with van der Waals surface area (Å²) in [5, 5.41) is 12.9. The number of furan rings is 1. The van der Waals surface area contributed by atoms with E-state index in [1.54, 1.807) is 37.4 Å². The number of hydrogen-bond donors (Lipinski definition) is 1. The van der Waals surface area contributed by atoms with Crippen molar-refractivity contribution >= 4 is 16.9 Å². The van der Waals surface area contributed by atoms with E-state index in [1.165, 1.54) is 13.4 Å². The molecule has 0 aliphatic carbocycles. The molecular formula is C19H16N2O4. The van der Waals surface area contributed by atoms with Gasteiger partial charge in [0.25, 0.3) is 5.91 Å². The molecule has 1 unspecified atom stereocenters. The Morgan fingerprint density at radius 2 is 2.00 bits per heavy atom. The summed E-state index contributed by atoms with van der Waals surface area (Å²) in [6.07, 6.45) is 1.39. The van der Waals surface area contributed by atoms with Crippen LogP contribution in [0.15, 0.2) is 53.1 Å². The number of methoxy groups -OCH3 is 2. The minimum absolute atomic E-state index is 0.378. The van der Waals surface area contributed by atoms with Crippen LogP contribution in [0.4, 0.5) is 0 Å². The molecule has 0 bridgehead atoms. The van der Waals surface area contributed by atoms with E-state index in [4.69, 9.17) is 13.9 Å². The zero-order valence-corrected chi connectivity index (χ0v) is 13.8. The van der Waals surface area contributed by atoms with Gasteiger partial charge in [-0.25, -0.2) is 0 Å². The first-order valence-corrected chi connectivity index (χ1v) is 7.56. The molecule has 0 aliphatic heterocycles. The Hall–Kier alpha value is -3.46. The summed E-state index contributed by atoms with van der Waals surface area (Å²) in [6.45, 7) is 0. The molecule has 25 heavy (non-hydrogen) atoms. The zero-order valence-electron chi connectivity index (χ0n) is 13.8. The predicted molar refractivity (Wildman–Crippen MR) is 91.6 cm³/mol. The first-order chi connectivity index (χ1) is 12.2. The summed E-state index contributed by atoms with van der Waals surface area (Å²) < 4.78 is 15.8. The summed E-state index contributed by atoms with van der Waals surface area (Å²) in [5.74, 6) is 0.669. The van der Waals surface area contributed by atoms with Crippen molar-refractivity contribution in [2.45, 2.75) is 6.04 Å². The van der Waals surface area contributed by atoms with Crippen molar-refractivity contribution in [2.24, 2.45) is 0 Å². The lowest BCUT2D eigenvalue weighted by atomic mass is 10.1. The topological polar surface area (TPSA) is 84.5 Å². The van der Waals surface area contributed by atoms with Crippen LogP contribution in [0.25, 0.3) is 11.0 Å². The summed E-state index contributed by atoms with van der Waals surface area (Å²) in [4.78, 5) is 12.6. The van der Waals surface area contributed by atoms with E-state index < -0.39 is 11.9 Å². The highest BCUT2D eigenvalue weighted by molar-refractivity contribution is 6.06. The van der Waals surface area contributed by atoms with Crippen LogP contribution in [0.1, 0.15) is 22.0 Å². The fourth-order valence-corrected chi connectivity index (χ4v) is 2.60. The molecule has 3 aromatic rings. The van der Waals surface area contributed by atoms with Gasteiger partial charge in [0.2, 0.25) is 0 Å². The lowest BCUT2D eigenvalue weighted by Gasteiger charge is -2.16. The number of amides is 1. The number of nitrogens with one attached hydrogen (secondary N) is 1. The Kier molecular flexibility index (Phi) is 4.57. The molecule has 2 aromatic carbocycles. The second kappa shape index (κ2) is 6.97. The number of benzene rings is 2. The Labute approximate surface area is 144 Å². The van der Waals surface area contributed by atoms with Crippen molar-refractivity contribution in [3.63, 3.8) is 0 Å². The number of para-hydroxylation sites is 1. The molecule has 1 aromatic heterocycles. The minimum Gasteiger partial charge on any atom is -0.497 e. The summed E-state index contributed by atoms with van der Waals surface area (Å²) in [7, 11) is 3.04. The van der Waals surface area contributed by atoms with Gasteiger partial charge in [-0.1, -0.05) is 18.2 Å². The van der Waals surface area contributed by atoms with Crippen molar-refractivity contribution in [1.82, 2.24) is 5.32 Å². The average molecular weight is 336 g/mol. The fraction of sp³-hybridized carbons (Fsp3) is 0.158. The highest BCUT2D eigenvalue weighted by Crippen LogP contribution is 2.30. The maximum atomic E-state index is 12.6. The Morgan fingerprint density at radius 1 is 1.20 bits per heavy atom. The van der Waals surface area contributed by atoms with Crippen molar-refractivity contribution in [2.75, 3.05) is 14.2 Å². The van der Waals surface area contributed by atoms with Gasteiger partial charge >= 0.3 is 0 Å². The summed E-state index contributed by atoms with van der Waals surface area (Å²) in [5.41, 5.74) is 1.54. The molecule has 126 valence electrons. The Bertz CT molecular complexity index is 955. The van der Waals surface area contributed by atoms with Gasteiger partial charge in [0.15, 0.2) is 0 Å². The molecule has 3 rings (SSSR count). The maximum absolute atomic E-state index is 12.6. The smallest absolute Gasteiger partial charge is 0.256 e. The predicted octanol–water partition coefficient (Wildman–Crippen LogP) is 3.44. The van der Waals surface area contributed by atoms with Crippen molar-refractivity contribution in [3.8, 4) is 17.6 Å². The molecule has 6 heteroatoms. The highest BCUT2D eigenvalue weighted by Gasteiger charge is 2.21. The number of nitriles is 1. The molecular weight excluding hydrogens is 320 g/mol. The lowest BCUT2D eigenvalue weighted by molar-refractivity contribution is 0.0945. The number of carbonyl (C=O) groups is 1. The standard InChI is InChI=1S/C19H16N2O4/c1-23-12-7-8-14(18(9-12)24-2)16(10-20)21-19(22)15-11-25-17-6-4-3-5-13(15)17/h3-9,11,16H,1-2H3,(H,21,22). The van der Waals surface area contributed by atoms with Crippen LogP contribution in [0.3, 0.4) is 0 Å². The van der Waals surface area contributed by atoms with E-state index in [0.29, 0.717) is 33.6 Å². The molecule has 0 spiro atoms. The fourth-order valence-electron chi connectivity index (χ4n) is 2.60. The van der Waals surface area contributed by atoms with Crippen LogP contribution in [-0.2, 0) is 0 Å². The molecule has 0 saturated heterocycles. The van der Waals surface area contributed by atoms with E-state index in [9.17, 15) is 10.1 Å². The third-order valence-electron chi connectivity index (χ3n) is 3.88. The molecule has 0 aliphatic rings. The number of hydrogen-bond acceptors (Lipinski definition) is 5. The number of ether oxygens (including phenoxy) is 2. The third kappa shape index (κ3) is 3.12. The van der Waals surface area contributed by atoms with Crippen molar-refractivity contribution in [3.05, 3.63) is 59.9 Å². The van der Waals surface area contributed by atoms with E-state index in [1.807, 2.05) is 12.1 Å². The number of fused-ring (bicyclic) bond motifs is 1. The van der Waals surface area contributed by atoms with Gasteiger partial charge in [0, 0.05) is 17.0 Å². The van der Waals surface area contributed by atoms with Crippen LogP contribution in [0.2, 0.25) is 0 Å². The van der Waals surface area contributed by atoms with E-state index >= 15 is 0 Å². The monoisotopic (exact) mass is 336 g/mol. The molecule has 6 nitrogen and oxygen atoms in total. The normalized spacial score (nSPS) is 11.6. The van der Waals surface area contributed by atoms with Gasteiger partial charge in [-0.05, 0) is 18.2 Å². The van der Waals surface area contributed by atoms with Gasteiger partial charge in [0.05, 0.1) is 25.9 Å². The molecule has 1 N–H and O–H groups in total. The quantitative estimate of drug-likeness (QED) is 0.771. The summed E-state index contributed by atoms with van der Waals surface area (Å²) in [6, 6.07) is 13.5. The molecule has 0 fully saturated rings. The minimum atomic E-state index is -0.873. The zero-order chi connectivity index (χ0) is 17.8. The van der Waals surface area contributed by atoms with Crippen molar-refractivity contribution < 1.29 is 18.7 Å². The SMILES string of the molecule is COc1ccc(C(C#N)NC(=O)c2coc3ccccc23)c(OC)c1. The third-order valence-corrected chi connectivity index (χ3v) is 3.88. The van der Waals surface area contributed by atoms with Gasteiger partial charge < -0.3 is 19.2 Å². The lowest BCUT2D eigenvalue weighted by Crippen LogP contribution is -2.27. The first-order valence-electron chi connectivity index (χ1n) is 7.56. The van der Waals surface area contributed by atoms with Crippen LogP contribution in [-0.4, -0.2) is 20.1 Å². The van der Waals surface area contributed by atoms with E-state index in [0.717, 1.165) is 0 Å². The van der Waals surface area contributed by atoms with Crippen molar-refractivity contribution in [1.29, 1.82) is 5.26 Å². The molecule has 1 amide bonds. The average Bonchev–Trinajstić information content (AvgIpc) is 3.09. The number of carbonyl (C=O) groups excluding carboxylic acids is 1. The van der Waals surface area contributed by atoms with Gasteiger partial charge in [-0.15, -0.1) is 0 Å². The first kappa shape index (κ1) is 16.4. The molecule has 1 heterocycles. The van der Waals surface area contributed by atoms with Crippen LogP contribution in [0.5, 0.6) is 11.5 Å². The van der Waals surface area contributed by atoms with Crippen LogP contribution < -0.4 is 14.8 Å².